The molecule has 0 aliphatic heterocycles. The molecule has 0 bridgehead atoms. The number of halogens is 1. The second kappa shape index (κ2) is 5.05. The summed E-state index contributed by atoms with van der Waals surface area (Å²) in [7, 11) is 3.51. The first-order valence-corrected chi connectivity index (χ1v) is 5.58. The van der Waals surface area contributed by atoms with Crippen LogP contribution in [0.15, 0.2) is 18.2 Å². The molecular formula is C12H14FN5O. The van der Waals surface area contributed by atoms with Crippen molar-refractivity contribution in [3.05, 3.63) is 29.6 Å². The molecule has 0 saturated heterocycles. The third kappa shape index (κ3) is 3.06. The maximum atomic E-state index is 13.6. The number of nitrogens with zero attached hydrogens (tertiary/aromatic N) is 4. The molecule has 0 atom stereocenters. The standard InChI is InChI=1S/C12H14FN5O/c1-7-4-5-8(13)9(6-7)19-12-16-10(14)15-11(17-12)18(2)3/h4-6H,1-3H3,(H2,14,15,16,17). The predicted octanol–water partition coefficient (Wildman–Crippen LogP) is 1.76. The van der Waals surface area contributed by atoms with Crippen LogP contribution in [0.2, 0.25) is 0 Å². The van der Waals surface area contributed by atoms with Gasteiger partial charge < -0.3 is 15.4 Å². The third-order valence-electron chi connectivity index (χ3n) is 2.31. The Hall–Kier alpha value is -2.44. The van der Waals surface area contributed by atoms with Gasteiger partial charge >= 0.3 is 6.01 Å². The zero-order valence-corrected chi connectivity index (χ0v) is 10.9. The van der Waals surface area contributed by atoms with Crippen molar-refractivity contribution >= 4 is 11.9 Å². The Morgan fingerprint density at radius 3 is 2.63 bits per heavy atom. The summed E-state index contributed by atoms with van der Waals surface area (Å²) in [6.45, 7) is 1.83. The minimum Gasteiger partial charge on any atom is -0.421 e. The number of hydrogen-bond donors (Lipinski definition) is 1. The number of nitrogen functional groups attached to an aromatic ring is 1. The smallest absolute Gasteiger partial charge is 0.328 e. The molecule has 2 aromatic rings. The van der Waals surface area contributed by atoms with Gasteiger partial charge in [-0.1, -0.05) is 6.07 Å². The lowest BCUT2D eigenvalue weighted by Gasteiger charge is -2.12. The number of aryl methyl sites for hydroxylation is 1. The molecule has 0 saturated carbocycles. The van der Waals surface area contributed by atoms with Crippen LogP contribution in [0.4, 0.5) is 16.3 Å². The van der Waals surface area contributed by atoms with Crippen LogP contribution in [-0.4, -0.2) is 29.0 Å². The van der Waals surface area contributed by atoms with Gasteiger partial charge in [-0.25, -0.2) is 4.39 Å². The van der Waals surface area contributed by atoms with Crippen LogP contribution in [0.5, 0.6) is 11.8 Å². The molecule has 100 valence electrons. The van der Waals surface area contributed by atoms with Crippen molar-refractivity contribution in [1.82, 2.24) is 15.0 Å². The quantitative estimate of drug-likeness (QED) is 0.909. The number of benzene rings is 1. The van der Waals surface area contributed by atoms with Gasteiger partial charge in [0.1, 0.15) is 0 Å². The molecule has 2 rings (SSSR count). The van der Waals surface area contributed by atoms with Crippen molar-refractivity contribution in [3.63, 3.8) is 0 Å². The second-order valence-electron chi connectivity index (χ2n) is 4.21. The van der Waals surface area contributed by atoms with Crippen LogP contribution < -0.4 is 15.4 Å². The fourth-order valence-corrected chi connectivity index (χ4v) is 1.39. The molecule has 0 amide bonds. The number of ether oxygens (including phenoxy) is 1. The monoisotopic (exact) mass is 263 g/mol. The van der Waals surface area contributed by atoms with Gasteiger partial charge in [-0.05, 0) is 24.6 Å². The van der Waals surface area contributed by atoms with Crippen LogP contribution >= 0.6 is 0 Å². The molecule has 0 aliphatic rings. The molecule has 19 heavy (non-hydrogen) atoms. The Morgan fingerprint density at radius 2 is 1.95 bits per heavy atom. The van der Waals surface area contributed by atoms with Gasteiger partial charge in [-0.3, -0.25) is 0 Å². The lowest BCUT2D eigenvalue weighted by atomic mass is 10.2. The second-order valence-corrected chi connectivity index (χ2v) is 4.21. The highest BCUT2D eigenvalue weighted by Gasteiger charge is 2.11. The van der Waals surface area contributed by atoms with E-state index < -0.39 is 5.82 Å². The van der Waals surface area contributed by atoms with E-state index in [1.165, 1.54) is 6.07 Å². The zero-order chi connectivity index (χ0) is 14.0. The summed E-state index contributed by atoms with van der Waals surface area (Å²) in [6, 6.07) is 4.49. The molecule has 7 heteroatoms. The predicted molar refractivity (Wildman–Crippen MR) is 69.8 cm³/mol. The van der Waals surface area contributed by atoms with Crippen molar-refractivity contribution in [2.45, 2.75) is 6.92 Å². The summed E-state index contributed by atoms with van der Waals surface area (Å²) in [5, 5.41) is 0. The summed E-state index contributed by atoms with van der Waals surface area (Å²) in [5.74, 6) is -0.0800. The van der Waals surface area contributed by atoms with Gasteiger partial charge in [0.25, 0.3) is 0 Å². The molecular weight excluding hydrogens is 249 g/mol. The van der Waals surface area contributed by atoms with Crippen LogP contribution in [0.3, 0.4) is 0 Å². The largest absolute Gasteiger partial charge is 0.421 e. The summed E-state index contributed by atoms with van der Waals surface area (Å²) in [5.41, 5.74) is 6.42. The first kappa shape index (κ1) is 13.0. The fraction of sp³-hybridized carbons (Fsp3) is 0.250. The van der Waals surface area contributed by atoms with E-state index in [1.807, 2.05) is 6.92 Å². The zero-order valence-electron chi connectivity index (χ0n) is 10.9. The van der Waals surface area contributed by atoms with Crippen molar-refractivity contribution in [1.29, 1.82) is 0 Å². The Labute approximate surface area is 110 Å². The van der Waals surface area contributed by atoms with Crippen molar-refractivity contribution in [2.24, 2.45) is 0 Å². The summed E-state index contributed by atoms with van der Waals surface area (Å²) >= 11 is 0. The average molecular weight is 263 g/mol. The lowest BCUT2D eigenvalue weighted by Crippen LogP contribution is -2.15. The lowest BCUT2D eigenvalue weighted by molar-refractivity contribution is 0.410. The Morgan fingerprint density at radius 1 is 1.21 bits per heavy atom. The molecule has 1 aromatic carbocycles. The summed E-state index contributed by atoms with van der Waals surface area (Å²) < 4.78 is 18.9. The van der Waals surface area contributed by atoms with Crippen LogP contribution in [0, 0.1) is 12.7 Å². The van der Waals surface area contributed by atoms with Gasteiger partial charge in [0.05, 0.1) is 0 Å². The molecule has 0 aliphatic carbocycles. The van der Waals surface area contributed by atoms with Gasteiger partial charge in [-0.2, -0.15) is 15.0 Å². The van der Waals surface area contributed by atoms with Crippen LogP contribution in [0.25, 0.3) is 0 Å². The Bertz CT molecular complexity index is 603. The molecule has 1 heterocycles. The highest BCUT2D eigenvalue weighted by atomic mass is 19.1. The first-order chi connectivity index (χ1) is 8.95. The van der Waals surface area contributed by atoms with E-state index in [2.05, 4.69) is 15.0 Å². The van der Waals surface area contributed by atoms with E-state index in [0.717, 1.165) is 5.56 Å². The van der Waals surface area contributed by atoms with E-state index in [-0.39, 0.29) is 17.7 Å². The maximum absolute atomic E-state index is 13.6. The third-order valence-corrected chi connectivity index (χ3v) is 2.31. The molecule has 2 N–H and O–H groups in total. The molecule has 0 radical (unpaired) electrons. The SMILES string of the molecule is Cc1ccc(F)c(Oc2nc(N)nc(N(C)C)n2)c1. The number of anilines is 2. The number of aromatic nitrogens is 3. The fourth-order valence-electron chi connectivity index (χ4n) is 1.39. The molecule has 0 unspecified atom stereocenters. The van der Waals surface area contributed by atoms with Gasteiger partial charge in [-0.15, -0.1) is 0 Å². The van der Waals surface area contributed by atoms with Gasteiger partial charge in [0.15, 0.2) is 11.6 Å². The van der Waals surface area contributed by atoms with Crippen LogP contribution in [-0.2, 0) is 0 Å². The van der Waals surface area contributed by atoms with E-state index in [0.29, 0.717) is 5.95 Å². The van der Waals surface area contributed by atoms with Crippen molar-refractivity contribution < 1.29 is 9.13 Å². The van der Waals surface area contributed by atoms with E-state index in [4.69, 9.17) is 10.5 Å². The van der Waals surface area contributed by atoms with E-state index in [1.54, 1.807) is 31.1 Å². The normalized spacial score (nSPS) is 10.3. The first-order valence-electron chi connectivity index (χ1n) is 5.58. The van der Waals surface area contributed by atoms with E-state index in [9.17, 15) is 4.39 Å². The molecule has 6 nitrogen and oxygen atoms in total. The topological polar surface area (TPSA) is 77.2 Å². The van der Waals surface area contributed by atoms with Crippen molar-refractivity contribution in [3.8, 4) is 11.8 Å². The average Bonchev–Trinajstić information content (AvgIpc) is 2.33. The Kier molecular flexibility index (Phi) is 3.46. The summed E-state index contributed by atoms with van der Waals surface area (Å²) in [6.07, 6.45) is 0. The molecule has 0 fully saturated rings. The summed E-state index contributed by atoms with van der Waals surface area (Å²) in [4.78, 5) is 13.4. The maximum Gasteiger partial charge on any atom is 0.328 e. The highest BCUT2D eigenvalue weighted by molar-refractivity contribution is 5.36. The number of nitrogens with two attached hydrogens (primary N) is 1. The molecule has 1 aromatic heterocycles. The molecule has 0 spiro atoms. The number of rotatable bonds is 3. The number of hydrogen-bond acceptors (Lipinski definition) is 6. The van der Waals surface area contributed by atoms with Crippen molar-refractivity contribution in [2.75, 3.05) is 24.7 Å². The van der Waals surface area contributed by atoms with Crippen LogP contribution in [0.1, 0.15) is 5.56 Å². The van der Waals surface area contributed by atoms with Gasteiger partial charge in [0.2, 0.25) is 11.9 Å². The minimum absolute atomic E-state index is 0.0155. The van der Waals surface area contributed by atoms with E-state index >= 15 is 0 Å². The minimum atomic E-state index is -0.490. The van der Waals surface area contributed by atoms with Gasteiger partial charge in [0, 0.05) is 14.1 Å². The highest BCUT2D eigenvalue weighted by Crippen LogP contribution is 2.24. The Balaban J connectivity index is 2.35.